The van der Waals surface area contributed by atoms with Crippen LogP contribution in [0.5, 0.6) is 5.75 Å². The van der Waals surface area contributed by atoms with E-state index in [0.717, 1.165) is 0 Å². The number of ether oxygens (including phenoxy) is 1. The highest BCUT2D eigenvalue weighted by Crippen LogP contribution is 2.17. The second kappa shape index (κ2) is 5.61. The van der Waals surface area contributed by atoms with E-state index in [4.69, 9.17) is 10.00 Å². The van der Waals surface area contributed by atoms with Crippen LogP contribution in [-0.2, 0) is 6.61 Å². The van der Waals surface area contributed by atoms with E-state index in [1.807, 2.05) is 0 Å². The fraction of sp³-hybridized carbons (Fsp3) is 0.0769. The van der Waals surface area contributed by atoms with Gasteiger partial charge in [-0.3, -0.25) is 0 Å². The van der Waals surface area contributed by atoms with Crippen molar-refractivity contribution in [2.24, 2.45) is 0 Å². The van der Waals surface area contributed by atoms with Crippen LogP contribution in [-0.4, -0.2) is 4.98 Å². The second-order valence-electron chi connectivity index (χ2n) is 3.50. The summed E-state index contributed by atoms with van der Waals surface area (Å²) >= 11 is 3.21. The number of pyridine rings is 1. The van der Waals surface area contributed by atoms with Crippen molar-refractivity contribution in [3.8, 4) is 11.8 Å². The van der Waals surface area contributed by atoms with Crippen LogP contribution in [0.15, 0.2) is 41.1 Å². The van der Waals surface area contributed by atoms with Crippen molar-refractivity contribution >= 4 is 15.9 Å². The van der Waals surface area contributed by atoms with E-state index in [2.05, 4.69) is 20.9 Å². The number of halogens is 2. The number of aromatic nitrogens is 1. The van der Waals surface area contributed by atoms with Crippen LogP contribution in [0, 0.1) is 17.1 Å². The van der Waals surface area contributed by atoms with E-state index in [1.54, 1.807) is 30.3 Å². The fourth-order valence-electron chi connectivity index (χ4n) is 1.39. The summed E-state index contributed by atoms with van der Waals surface area (Å²) < 4.78 is 19.8. The summed E-state index contributed by atoms with van der Waals surface area (Å²) in [6.45, 7) is 0.0602. The van der Waals surface area contributed by atoms with Crippen LogP contribution in [0.1, 0.15) is 11.1 Å². The summed E-state index contributed by atoms with van der Waals surface area (Å²) in [5, 5.41) is 8.71. The van der Waals surface area contributed by atoms with Crippen LogP contribution in [0.4, 0.5) is 4.39 Å². The van der Waals surface area contributed by atoms with Gasteiger partial charge in [0.2, 0.25) is 0 Å². The first-order chi connectivity index (χ1) is 8.70. The van der Waals surface area contributed by atoms with Gasteiger partial charge in [0.25, 0.3) is 0 Å². The molecular weight excluding hydrogens is 299 g/mol. The number of benzene rings is 1. The highest BCUT2D eigenvalue weighted by Gasteiger charge is 2.08. The molecule has 0 spiro atoms. The summed E-state index contributed by atoms with van der Waals surface area (Å²) in [5.41, 5.74) is 0.363. The Bertz CT molecular complexity index is 593. The molecule has 5 heteroatoms. The summed E-state index contributed by atoms with van der Waals surface area (Å²) in [4.78, 5) is 3.99. The molecule has 0 amide bonds. The molecule has 0 saturated carbocycles. The van der Waals surface area contributed by atoms with Crippen molar-refractivity contribution in [1.82, 2.24) is 4.98 Å². The first kappa shape index (κ1) is 12.5. The average molecular weight is 307 g/mol. The maximum Gasteiger partial charge on any atom is 0.147 e. The van der Waals surface area contributed by atoms with Crippen molar-refractivity contribution in [3.05, 3.63) is 58.1 Å². The van der Waals surface area contributed by atoms with Gasteiger partial charge in [0, 0.05) is 5.56 Å². The number of hydrogen-bond donors (Lipinski definition) is 0. The molecule has 0 saturated heterocycles. The molecule has 1 aromatic carbocycles. The zero-order valence-corrected chi connectivity index (χ0v) is 10.8. The lowest BCUT2D eigenvalue weighted by Gasteiger charge is -2.07. The molecule has 0 bridgehead atoms. The third-order valence-electron chi connectivity index (χ3n) is 2.29. The van der Waals surface area contributed by atoms with Gasteiger partial charge in [-0.25, -0.2) is 9.37 Å². The molecule has 0 N–H and O–H groups in total. The lowest BCUT2D eigenvalue weighted by Crippen LogP contribution is -2.00. The number of nitrogens with zero attached hydrogens (tertiary/aromatic N) is 2. The van der Waals surface area contributed by atoms with Gasteiger partial charge in [0.1, 0.15) is 28.8 Å². The van der Waals surface area contributed by atoms with E-state index in [-0.39, 0.29) is 12.2 Å². The zero-order valence-electron chi connectivity index (χ0n) is 9.23. The maximum atomic E-state index is 13.7. The molecule has 0 atom stereocenters. The number of nitriles is 1. The van der Waals surface area contributed by atoms with Crippen molar-refractivity contribution < 1.29 is 9.13 Å². The first-order valence-electron chi connectivity index (χ1n) is 5.12. The number of hydrogen-bond acceptors (Lipinski definition) is 3. The van der Waals surface area contributed by atoms with Gasteiger partial charge in [-0.15, -0.1) is 0 Å². The van der Waals surface area contributed by atoms with E-state index in [9.17, 15) is 4.39 Å². The monoisotopic (exact) mass is 306 g/mol. The van der Waals surface area contributed by atoms with Gasteiger partial charge in [-0.05, 0) is 34.1 Å². The van der Waals surface area contributed by atoms with Gasteiger partial charge in [-0.2, -0.15) is 5.26 Å². The van der Waals surface area contributed by atoms with Crippen LogP contribution in [0.3, 0.4) is 0 Å². The first-order valence-corrected chi connectivity index (χ1v) is 5.92. The minimum Gasteiger partial charge on any atom is -0.487 e. The van der Waals surface area contributed by atoms with E-state index in [0.29, 0.717) is 15.9 Å². The SMILES string of the molecule is N#Cc1cccc(COc2ccc(Br)nc2)c1F. The molecule has 2 rings (SSSR count). The Kier molecular flexibility index (Phi) is 3.90. The van der Waals surface area contributed by atoms with Crippen LogP contribution in [0.2, 0.25) is 0 Å². The van der Waals surface area contributed by atoms with Crippen molar-refractivity contribution in [1.29, 1.82) is 5.26 Å². The van der Waals surface area contributed by atoms with Crippen LogP contribution in [0.25, 0.3) is 0 Å². The van der Waals surface area contributed by atoms with Crippen molar-refractivity contribution in [3.63, 3.8) is 0 Å². The average Bonchev–Trinajstić information content (AvgIpc) is 2.39. The molecule has 0 unspecified atom stereocenters. The molecule has 0 fully saturated rings. The fourth-order valence-corrected chi connectivity index (χ4v) is 1.62. The quantitative estimate of drug-likeness (QED) is 0.816. The lowest BCUT2D eigenvalue weighted by atomic mass is 10.1. The van der Waals surface area contributed by atoms with E-state index >= 15 is 0 Å². The summed E-state index contributed by atoms with van der Waals surface area (Å²) in [6.07, 6.45) is 1.54. The smallest absolute Gasteiger partial charge is 0.147 e. The Hall–Kier alpha value is -1.93. The Morgan fingerprint density at radius 1 is 1.33 bits per heavy atom. The Balaban J connectivity index is 2.11. The largest absolute Gasteiger partial charge is 0.487 e. The van der Waals surface area contributed by atoms with E-state index < -0.39 is 5.82 Å². The Morgan fingerprint density at radius 2 is 2.17 bits per heavy atom. The molecule has 1 heterocycles. The Morgan fingerprint density at radius 3 is 2.83 bits per heavy atom. The van der Waals surface area contributed by atoms with Crippen molar-refractivity contribution in [2.45, 2.75) is 6.61 Å². The van der Waals surface area contributed by atoms with E-state index in [1.165, 1.54) is 12.3 Å². The zero-order chi connectivity index (χ0) is 13.0. The highest BCUT2D eigenvalue weighted by atomic mass is 79.9. The third kappa shape index (κ3) is 2.84. The summed E-state index contributed by atoms with van der Waals surface area (Å²) in [7, 11) is 0. The molecule has 0 radical (unpaired) electrons. The van der Waals surface area contributed by atoms with Crippen LogP contribution < -0.4 is 4.74 Å². The standard InChI is InChI=1S/C13H8BrFN2O/c14-12-5-4-11(7-17-12)18-8-10-3-1-2-9(6-16)13(10)15/h1-5,7H,8H2. The highest BCUT2D eigenvalue weighted by molar-refractivity contribution is 9.10. The maximum absolute atomic E-state index is 13.7. The van der Waals surface area contributed by atoms with Gasteiger partial charge in [0.15, 0.2) is 0 Å². The molecule has 1 aromatic heterocycles. The second-order valence-corrected chi connectivity index (χ2v) is 4.31. The molecule has 3 nitrogen and oxygen atoms in total. The molecule has 0 aliphatic rings. The van der Waals surface area contributed by atoms with Crippen LogP contribution >= 0.6 is 15.9 Å². The minimum atomic E-state index is -0.537. The molecule has 0 aliphatic carbocycles. The predicted molar refractivity (Wildman–Crippen MR) is 67.4 cm³/mol. The van der Waals surface area contributed by atoms with Gasteiger partial charge in [0.05, 0.1) is 11.8 Å². The summed E-state index contributed by atoms with van der Waals surface area (Å²) in [5.74, 6) is 0.00466. The summed E-state index contributed by atoms with van der Waals surface area (Å²) in [6, 6.07) is 9.89. The normalized spacial score (nSPS) is 9.83. The minimum absolute atomic E-state index is 0.0185. The molecule has 18 heavy (non-hydrogen) atoms. The van der Waals surface area contributed by atoms with Gasteiger partial charge in [-0.1, -0.05) is 12.1 Å². The predicted octanol–water partition coefficient (Wildman–Crippen LogP) is 3.43. The van der Waals surface area contributed by atoms with Gasteiger partial charge >= 0.3 is 0 Å². The molecular formula is C13H8BrFN2O. The van der Waals surface area contributed by atoms with Crippen molar-refractivity contribution in [2.75, 3.05) is 0 Å². The Labute approximate surface area is 112 Å². The third-order valence-corrected chi connectivity index (χ3v) is 2.76. The molecule has 0 aliphatic heterocycles. The van der Waals surface area contributed by atoms with Gasteiger partial charge < -0.3 is 4.74 Å². The molecule has 90 valence electrons. The lowest BCUT2D eigenvalue weighted by molar-refractivity contribution is 0.298. The topological polar surface area (TPSA) is 45.9 Å². The molecule has 2 aromatic rings. The number of rotatable bonds is 3.